The molecule has 148 valence electrons. The Morgan fingerprint density at radius 3 is 2.46 bits per heavy atom. The van der Waals surface area contributed by atoms with Gasteiger partial charge in [-0.05, 0) is 48.8 Å². The third-order valence-corrected chi connectivity index (χ3v) is 5.76. The van der Waals surface area contributed by atoms with E-state index in [1.807, 2.05) is 42.5 Å². The second kappa shape index (κ2) is 10.2. The highest BCUT2D eigenvalue weighted by atomic mass is 32.2. The molecule has 0 atom stereocenters. The lowest BCUT2D eigenvalue weighted by Crippen LogP contribution is -2.42. The number of hydrogen-bond donors (Lipinski definition) is 1. The van der Waals surface area contributed by atoms with Crippen molar-refractivity contribution in [2.24, 2.45) is 5.92 Å². The Morgan fingerprint density at radius 1 is 1.07 bits per heavy atom. The van der Waals surface area contributed by atoms with Gasteiger partial charge >= 0.3 is 6.09 Å². The molecule has 0 spiro atoms. The first-order valence-electron chi connectivity index (χ1n) is 9.69. The van der Waals surface area contributed by atoms with Gasteiger partial charge in [0.25, 0.3) is 5.91 Å². The van der Waals surface area contributed by atoms with E-state index in [0.717, 1.165) is 29.1 Å². The molecule has 0 unspecified atom stereocenters. The van der Waals surface area contributed by atoms with Crippen molar-refractivity contribution in [2.45, 2.75) is 24.7 Å². The highest BCUT2D eigenvalue weighted by molar-refractivity contribution is 7.99. The predicted molar refractivity (Wildman–Crippen MR) is 112 cm³/mol. The van der Waals surface area contributed by atoms with Crippen molar-refractivity contribution in [1.82, 2.24) is 10.2 Å². The van der Waals surface area contributed by atoms with Crippen LogP contribution in [0.5, 0.6) is 5.75 Å². The van der Waals surface area contributed by atoms with Crippen molar-refractivity contribution in [3.63, 3.8) is 0 Å². The molecular weight excluding hydrogens is 372 g/mol. The third kappa shape index (κ3) is 5.52. The normalized spacial score (nSPS) is 14.5. The minimum Gasteiger partial charge on any atom is -0.410 e. The Labute approximate surface area is 170 Å². The summed E-state index contributed by atoms with van der Waals surface area (Å²) in [6, 6.07) is 16.8. The molecule has 1 aliphatic rings. The predicted octanol–water partition coefficient (Wildman–Crippen LogP) is 4.44. The van der Waals surface area contributed by atoms with Crippen molar-refractivity contribution in [3.05, 3.63) is 60.2 Å². The van der Waals surface area contributed by atoms with Gasteiger partial charge in [-0.2, -0.15) is 0 Å². The zero-order valence-electron chi connectivity index (χ0n) is 16.1. The summed E-state index contributed by atoms with van der Waals surface area (Å²) in [5, 5.41) is 3.06. The molecule has 0 aromatic heterocycles. The lowest BCUT2D eigenvalue weighted by molar-refractivity contribution is 0.0928. The van der Waals surface area contributed by atoms with Crippen LogP contribution in [0.3, 0.4) is 0 Å². The fourth-order valence-corrected chi connectivity index (χ4v) is 4.04. The number of nitrogens with one attached hydrogen (secondary N) is 1. The molecule has 2 amide bonds. The average Bonchev–Trinajstić information content (AvgIpc) is 2.74. The molecule has 0 saturated carbocycles. The number of ether oxygens (including phenoxy) is 1. The second-order valence-corrected chi connectivity index (χ2v) is 8.06. The quantitative estimate of drug-likeness (QED) is 0.731. The van der Waals surface area contributed by atoms with Crippen LogP contribution in [-0.2, 0) is 0 Å². The van der Waals surface area contributed by atoms with E-state index in [1.165, 1.54) is 0 Å². The summed E-state index contributed by atoms with van der Waals surface area (Å²) >= 11 is 1.68. The van der Waals surface area contributed by atoms with E-state index in [4.69, 9.17) is 4.74 Å². The molecule has 0 radical (unpaired) electrons. The van der Waals surface area contributed by atoms with E-state index >= 15 is 0 Å². The van der Waals surface area contributed by atoms with Gasteiger partial charge in [0.2, 0.25) is 0 Å². The first kappa shape index (κ1) is 20.3. The molecule has 1 fully saturated rings. The van der Waals surface area contributed by atoms with Crippen LogP contribution >= 0.6 is 11.8 Å². The molecule has 1 aliphatic heterocycles. The van der Waals surface area contributed by atoms with Gasteiger partial charge in [0, 0.05) is 24.5 Å². The van der Waals surface area contributed by atoms with E-state index in [9.17, 15) is 9.59 Å². The number of carbonyl (C=O) groups is 2. The van der Waals surface area contributed by atoms with Gasteiger partial charge in [0.05, 0.1) is 5.56 Å². The molecule has 6 heteroatoms. The maximum atomic E-state index is 12.5. The summed E-state index contributed by atoms with van der Waals surface area (Å²) in [5.74, 6) is 1.84. The Balaban J connectivity index is 1.44. The van der Waals surface area contributed by atoms with E-state index in [2.05, 4.69) is 12.2 Å². The van der Waals surface area contributed by atoms with Crippen molar-refractivity contribution in [2.75, 3.05) is 25.4 Å². The number of rotatable bonds is 6. The summed E-state index contributed by atoms with van der Waals surface area (Å²) in [4.78, 5) is 27.6. The van der Waals surface area contributed by atoms with Gasteiger partial charge in [-0.3, -0.25) is 4.79 Å². The number of benzene rings is 2. The fraction of sp³-hybridized carbons (Fsp3) is 0.364. The molecule has 0 bridgehead atoms. The van der Waals surface area contributed by atoms with Crippen LogP contribution in [0.4, 0.5) is 4.79 Å². The van der Waals surface area contributed by atoms with E-state index in [0.29, 0.717) is 31.3 Å². The van der Waals surface area contributed by atoms with Gasteiger partial charge in [-0.25, -0.2) is 4.79 Å². The summed E-state index contributed by atoms with van der Waals surface area (Å²) in [5.41, 5.74) is 0.734. The summed E-state index contributed by atoms with van der Waals surface area (Å²) < 4.78 is 5.40. The van der Waals surface area contributed by atoms with E-state index in [1.54, 1.807) is 28.8 Å². The van der Waals surface area contributed by atoms with Crippen molar-refractivity contribution in [3.8, 4) is 5.75 Å². The Hall–Kier alpha value is -2.47. The van der Waals surface area contributed by atoms with Gasteiger partial charge in [0.1, 0.15) is 5.75 Å². The molecule has 1 heterocycles. The standard InChI is InChI=1S/C22H26N2O3S/c1-2-28-20-11-7-6-10-19(20)21(25)23-16-17-12-14-24(15-13-17)22(26)27-18-8-4-3-5-9-18/h3-11,17H,2,12-16H2,1H3,(H,23,25). The summed E-state index contributed by atoms with van der Waals surface area (Å²) in [6.45, 7) is 4.00. The van der Waals surface area contributed by atoms with Crippen LogP contribution in [-0.4, -0.2) is 42.3 Å². The van der Waals surface area contributed by atoms with Gasteiger partial charge < -0.3 is 15.0 Å². The first-order valence-corrected chi connectivity index (χ1v) is 10.7. The Bertz CT molecular complexity index is 789. The zero-order chi connectivity index (χ0) is 19.8. The molecule has 2 aromatic rings. The van der Waals surface area contributed by atoms with Crippen LogP contribution < -0.4 is 10.1 Å². The van der Waals surface area contributed by atoms with Crippen LogP contribution in [0.1, 0.15) is 30.1 Å². The van der Waals surface area contributed by atoms with Crippen LogP contribution in [0.25, 0.3) is 0 Å². The van der Waals surface area contributed by atoms with E-state index in [-0.39, 0.29) is 12.0 Å². The van der Waals surface area contributed by atoms with Gasteiger partial charge in [-0.15, -0.1) is 11.8 Å². The van der Waals surface area contributed by atoms with Crippen molar-refractivity contribution < 1.29 is 14.3 Å². The minimum absolute atomic E-state index is 0.0255. The largest absolute Gasteiger partial charge is 0.415 e. The number of piperidine rings is 1. The smallest absolute Gasteiger partial charge is 0.410 e. The number of para-hydroxylation sites is 1. The number of carbonyl (C=O) groups excluding carboxylic acids is 2. The lowest BCUT2D eigenvalue weighted by atomic mass is 9.97. The molecule has 1 saturated heterocycles. The zero-order valence-corrected chi connectivity index (χ0v) is 16.9. The molecule has 0 aliphatic carbocycles. The van der Waals surface area contributed by atoms with Crippen LogP contribution in [0.15, 0.2) is 59.5 Å². The molecule has 2 aromatic carbocycles. The van der Waals surface area contributed by atoms with Crippen LogP contribution in [0, 0.1) is 5.92 Å². The molecule has 1 N–H and O–H groups in total. The Morgan fingerprint density at radius 2 is 1.75 bits per heavy atom. The maximum Gasteiger partial charge on any atom is 0.415 e. The number of amides is 2. The SMILES string of the molecule is CCSc1ccccc1C(=O)NCC1CCN(C(=O)Oc2ccccc2)CC1. The van der Waals surface area contributed by atoms with E-state index < -0.39 is 0 Å². The number of hydrogen-bond acceptors (Lipinski definition) is 4. The van der Waals surface area contributed by atoms with Gasteiger partial charge in [0.15, 0.2) is 0 Å². The first-order chi connectivity index (χ1) is 13.7. The molecular formula is C22H26N2O3S. The molecule has 28 heavy (non-hydrogen) atoms. The molecule has 3 rings (SSSR count). The second-order valence-electron chi connectivity index (χ2n) is 6.75. The number of nitrogens with zero attached hydrogens (tertiary/aromatic N) is 1. The topological polar surface area (TPSA) is 58.6 Å². The lowest BCUT2D eigenvalue weighted by Gasteiger charge is -2.31. The summed E-state index contributed by atoms with van der Waals surface area (Å²) in [6.07, 6.45) is 1.41. The Kier molecular flexibility index (Phi) is 7.37. The van der Waals surface area contributed by atoms with Gasteiger partial charge in [-0.1, -0.05) is 37.3 Å². The highest BCUT2D eigenvalue weighted by Gasteiger charge is 2.24. The fourth-order valence-electron chi connectivity index (χ4n) is 3.24. The summed E-state index contributed by atoms with van der Waals surface area (Å²) in [7, 11) is 0. The maximum absolute atomic E-state index is 12.5. The number of thioether (sulfide) groups is 1. The molecule has 5 nitrogen and oxygen atoms in total. The highest BCUT2D eigenvalue weighted by Crippen LogP contribution is 2.23. The average molecular weight is 399 g/mol. The van der Waals surface area contributed by atoms with Crippen molar-refractivity contribution >= 4 is 23.8 Å². The van der Waals surface area contributed by atoms with Crippen molar-refractivity contribution in [1.29, 1.82) is 0 Å². The van der Waals surface area contributed by atoms with Crippen LogP contribution in [0.2, 0.25) is 0 Å². The minimum atomic E-state index is -0.306. The third-order valence-electron chi connectivity index (χ3n) is 4.80. The monoisotopic (exact) mass is 398 g/mol. The number of likely N-dealkylation sites (tertiary alicyclic amines) is 1.